The van der Waals surface area contributed by atoms with E-state index in [-0.39, 0.29) is 18.5 Å². The zero-order valence-corrected chi connectivity index (χ0v) is 8.74. The normalized spacial score (nSPS) is 13.3. The topological polar surface area (TPSA) is 38.0 Å². The molecule has 0 fully saturated rings. The lowest BCUT2D eigenvalue weighted by atomic mass is 10.2. The Kier molecular flexibility index (Phi) is 2.44. The van der Waals surface area contributed by atoms with Crippen molar-refractivity contribution >= 4 is 10.9 Å². The summed E-state index contributed by atoms with van der Waals surface area (Å²) in [6.07, 6.45) is 4.69. The van der Waals surface area contributed by atoms with Gasteiger partial charge in [-0.15, -0.1) is 0 Å². The Labute approximate surface area is 87.2 Å². The van der Waals surface area contributed by atoms with Crippen LogP contribution in [0, 0.1) is 12.7 Å². The van der Waals surface area contributed by atoms with E-state index in [1.165, 1.54) is 6.20 Å². The number of aliphatic hydroxyl groups is 1. The number of nitrogens with zero attached hydrogens (tertiary/aromatic N) is 2. The van der Waals surface area contributed by atoms with Crippen molar-refractivity contribution < 1.29 is 9.50 Å². The van der Waals surface area contributed by atoms with Gasteiger partial charge in [0.05, 0.1) is 24.4 Å². The SMILES string of the molecule is Cc1cn(C(C)CO)c2c(F)cncc12. The van der Waals surface area contributed by atoms with Gasteiger partial charge in [0.25, 0.3) is 0 Å². The number of aryl methyl sites for hydroxylation is 1. The molecule has 2 aromatic rings. The van der Waals surface area contributed by atoms with Gasteiger partial charge < -0.3 is 9.67 Å². The van der Waals surface area contributed by atoms with Crippen molar-refractivity contribution in [3.05, 3.63) is 30.0 Å². The van der Waals surface area contributed by atoms with E-state index in [0.29, 0.717) is 5.52 Å². The number of aromatic nitrogens is 2. The Hall–Kier alpha value is -1.42. The first-order valence-corrected chi connectivity index (χ1v) is 4.86. The summed E-state index contributed by atoms with van der Waals surface area (Å²) in [4.78, 5) is 3.82. The van der Waals surface area contributed by atoms with Crippen molar-refractivity contribution in [3.8, 4) is 0 Å². The van der Waals surface area contributed by atoms with Crippen molar-refractivity contribution in [3.63, 3.8) is 0 Å². The summed E-state index contributed by atoms with van der Waals surface area (Å²) in [6, 6.07) is -0.127. The fourth-order valence-electron chi connectivity index (χ4n) is 1.76. The molecule has 0 aliphatic carbocycles. The first kappa shape index (κ1) is 10.1. The summed E-state index contributed by atoms with van der Waals surface area (Å²) in [6.45, 7) is 3.74. The van der Waals surface area contributed by atoms with Crippen LogP contribution in [0.2, 0.25) is 0 Å². The summed E-state index contributed by atoms with van der Waals surface area (Å²) in [5.74, 6) is -0.346. The van der Waals surface area contributed by atoms with Gasteiger partial charge in [0, 0.05) is 17.8 Å². The predicted octanol–water partition coefficient (Wildman–Crippen LogP) is 2.04. The molecule has 0 saturated carbocycles. The fraction of sp³-hybridized carbons (Fsp3) is 0.364. The van der Waals surface area contributed by atoms with Crippen LogP contribution in [-0.2, 0) is 0 Å². The molecule has 0 aliphatic rings. The molecule has 15 heavy (non-hydrogen) atoms. The summed E-state index contributed by atoms with van der Waals surface area (Å²) in [7, 11) is 0. The van der Waals surface area contributed by atoms with E-state index in [4.69, 9.17) is 5.11 Å². The van der Waals surface area contributed by atoms with Crippen LogP contribution >= 0.6 is 0 Å². The zero-order valence-electron chi connectivity index (χ0n) is 8.74. The molecule has 3 nitrogen and oxygen atoms in total. The third-order valence-electron chi connectivity index (χ3n) is 2.63. The van der Waals surface area contributed by atoms with Gasteiger partial charge in [-0.1, -0.05) is 0 Å². The second-order valence-electron chi connectivity index (χ2n) is 3.77. The van der Waals surface area contributed by atoms with E-state index in [9.17, 15) is 4.39 Å². The molecule has 1 atom stereocenters. The molecule has 0 aliphatic heterocycles. The van der Waals surface area contributed by atoms with Gasteiger partial charge in [0.1, 0.15) is 0 Å². The van der Waals surface area contributed by atoms with Gasteiger partial charge in [0.2, 0.25) is 0 Å². The number of rotatable bonds is 2. The lowest BCUT2D eigenvalue weighted by Gasteiger charge is -2.11. The fourth-order valence-corrected chi connectivity index (χ4v) is 1.76. The minimum Gasteiger partial charge on any atom is -0.394 e. The molecule has 0 aromatic carbocycles. The molecular formula is C11H13FN2O. The van der Waals surface area contributed by atoms with Crippen LogP contribution in [-0.4, -0.2) is 21.3 Å². The monoisotopic (exact) mass is 208 g/mol. The average Bonchev–Trinajstić information content (AvgIpc) is 2.57. The van der Waals surface area contributed by atoms with E-state index in [2.05, 4.69) is 4.98 Å². The molecule has 1 unspecified atom stereocenters. The summed E-state index contributed by atoms with van der Waals surface area (Å²) in [5, 5.41) is 9.89. The van der Waals surface area contributed by atoms with Crippen LogP contribution in [0.5, 0.6) is 0 Å². The highest BCUT2D eigenvalue weighted by atomic mass is 19.1. The molecular weight excluding hydrogens is 195 g/mol. The second-order valence-corrected chi connectivity index (χ2v) is 3.77. The highest BCUT2D eigenvalue weighted by molar-refractivity contribution is 5.83. The predicted molar refractivity (Wildman–Crippen MR) is 56.2 cm³/mol. The maximum Gasteiger partial charge on any atom is 0.165 e. The molecule has 80 valence electrons. The number of halogens is 1. The zero-order chi connectivity index (χ0) is 11.0. The molecule has 0 amide bonds. The molecule has 2 rings (SSSR count). The van der Waals surface area contributed by atoms with E-state index >= 15 is 0 Å². The Morgan fingerprint density at radius 3 is 2.93 bits per heavy atom. The maximum atomic E-state index is 13.6. The summed E-state index contributed by atoms with van der Waals surface area (Å²) in [5.41, 5.74) is 1.49. The van der Waals surface area contributed by atoms with Crippen molar-refractivity contribution in [1.82, 2.24) is 9.55 Å². The van der Waals surface area contributed by atoms with Crippen molar-refractivity contribution in [2.75, 3.05) is 6.61 Å². The minimum absolute atomic E-state index is 0.00895. The average molecular weight is 208 g/mol. The molecule has 0 saturated heterocycles. The Balaban J connectivity index is 2.75. The van der Waals surface area contributed by atoms with Gasteiger partial charge in [-0.2, -0.15) is 0 Å². The Morgan fingerprint density at radius 2 is 2.27 bits per heavy atom. The largest absolute Gasteiger partial charge is 0.394 e. The van der Waals surface area contributed by atoms with Crippen LogP contribution in [0.3, 0.4) is 0 Å². The van der Waals surface area contributed by atoms with Crippen LogP contribution in [0.1, 0.15) is 18.5 Å². The second kappa shape index (κ2) is 3.62. The van der Waals surface area contributed by atoms with Crippen LogP contribution in [0.15, 0.2) is 18.6 Å². The first-order chi connectivity index (χ1) is 7.15. The molecule has 0 bridgehead atoms. The van der Waals surface area contributed by atoms with Crippen molar-refractivity contribution in [2.45, 2.75) is 19.9 Å². The van der Waals surface area contributed by atoms with Gasteiger partial charge >= 0.3 is 0 Å². The lowest BCUT2D eigenvalue weighted by molar-refractivity contribution is 0.241. The highest BCUT2D eigenvalue weighted by Crippen LogP contribution is 2.25. The van der Waals surface area contributed by atoms with E-state index in [0.717, 1.165) is 10.9 Å². The number of fused-ring (bicyclic) bond motifs is 1. The van der Waals surface area contributed by atoms with Crippen LogP contribution in [0.4, 0.5) is 4.39 Å². The van der Waals surface area contributed by atoms with Crippen LogP contribution in [0.25, 0.3) is 10.9 Å². The first-order valence-electron chi connectivity index (χ1n) is 4.86. The Morgan fingerprint density at radius 1 is 1.53 bits per heavy atom. The molecule has 4 heteroatoms. The van der Waals surface area contributed by atoms with Gasteiger partial charge in [0.15, 0.2) is 5.82 Å². The van der Waals surface area contributed by atoms with E-state index in [1.807, 2.05) is 20.0 Å². The van der Waals surface area contributed by atoms with Gasteiger partial charge in [-0.25, -0.2) is 4.39 Å². The number of hydrogen-bond donors (Lipinski definition) is 1. The lowest BCUT2D eigenvalue weighted by Crippen LogP contribution is -2.08. The van der Waals surface area contributed by atoms with Crippen LogP contribution < -0.4 is 0 Å². The van der Waals surface area contributed by atoms with E-state index < -0.39 is 0 Å². The molecule has 1 N–H and O–H groups in total. The Bertz CT molecular complexity index is 493. The summed E-state index contributed by atoms with van der Waals surface area (Å²) < 4.78 is 15.3. The smallest absolute Gasteiger partial charge is 0.165 e. The van der Waals surface area contributed by atoms with Crippen molar-refractivity contribution in [2.24, 2.45) is 0 Å². The summed E-state index contributed by atoms with van der Waals surface area (Å²) >= 11 is 0. The number of aliphatic hydroxyl groups excluding tert-OH is 1. The molecule has 2 heterocycles. The third-order valence-corrected chi connectivity index (χ3v) is 2.63. The minimum atomic E-state index is -0.346. The number of hydrogen-bond acceptors (Lipinski definition) is 2. The third kappa shape index (κ3) is 1.51. The molecule has 2 aromatic heterocycles. The quantitative estimate of drug-likeness (QED) is 0.820. The molecule has 0 radical (unpaired) electrons. The maximum absolute atomic E-state index is 13.6. The van der Waals surface area contributed by atoms with Gasteiger partial charge in [-0.3, -0.25) is 4.98 Å². The number of pyridine rings is 1. The van der Waals surface area contributed by atoms with E-state index in [1.54, 1.807) is 10.8 Å². The standard InChI is InChI=1S/C11H13FN2O/c1-7-5-14(8(2)6-15)11-9(7)3-13-4-10(11)12/h3-5,8,15H,6H2,1-2H3. The van der Waals surface area contributed by atoms with Gasteiger partial charge in [-0.05, 0) is 19.4 Å². The highest BCUT2D eigenvalue weighted by Gasteiger charge is 2.13. The molecule has 0 spiro atoms. The van der Waals surface area contributed by atoms with Crippen molar-refractivity contribution in [1.29, 1.82) is 0 Å².